The van der Waals surface area contributed by atoms with Crippen molar-refractivity contribution in [3.8, 4) is 11.5 Å². The molecule has 34 heavy (non-hydrogen) atoms. The van der Waals surface area contributed by atoms with Crippen LogP contribution in [-0.4, -0.2) is 43.0 Å². The molecule has 4 rings (SSSR count). The third-order valence-corrected chi connectivity index (χ3v) is 6.13. The Balaban J connectivity index is 1.38. The highest BCUT2D eigenvalue weighted by molar-refractivity contribution is 5.79. The average molecular weight is 463 g/mol. The number of ether oxygens (including phenoxy) is 2. The zero-order valence-corrected chi connectivity index (χ0v) is 19.6. The van der Waals surface area contributed by atoms with Gasteiger partial charge in [0.25, 0.3) is 5.56 Å². The number of nitrogens with one attached hydrogen (secondary N) is 1. The van der Waals surface area contributed by atoms with E-state index in [1.54, 1.807) is 32.5 Å². The lowest BCUT2D eigenvalue weighted by atomic mass is 9.96. The maximum absolute atomic E-state index is 12.9. The molecule has 1 saturated heterocycles. The Labute approximate surface area is 199 Å². The first-order chi connectivity index (χ1) is 16.6. The lowest BCUT2D eigenvalue weighted by molar-refractivity contribution is -0.125. The molecule has 0 aliphatic carbocycles. The van der Waals surface area contributed by atoms with Crippen LogP contribution in [0.4, 0.5) is 5.69 Å². The fourth-order valence-corrected chi connectivity index (χ4v) is 4.22. The summed E-state index contributed by atoms with van der Waals surface area (Å²) in [4.78, 5) is 27.6. The summed E-state index contributed by atoms with van der Waals surface area (Å²) in [6, 6.07) is 16.9. The summed E-state index contributed by atoms with van der Waals surface area (Å²) in [5.74, 6) is 1.21. The number of methoxy groups -OCH3 is 2. The average Bonchev–Trinajstić information content (AvgIpc) is 2.89. The SMILES string of the molecule is COc1ccc(CNC(=O)C2CCCN(c3cnn(Cc4ccccc4)c(=O)c3)C2)c(OC)c1. The first-order valence-corrected chi connectivity index (χ1v) is 11.4. The lowest BCUT2D eigenvalue weighted by Crippen LogP contribution is -2.43. The molecular weight excluding hydrogens is 432 g/mol. The van der Waals surface area contributed by atoms with E-state index in [4.69, 9.17) is 9.47 Å². The molecule has 1 unspecified atom stereocenters. The first-order valence-electron chi connectivity index (χ1n) is 11.4. The van der Waals surface area contributed by atoms with Crippen LogP contribution < -0.4 is 25.2 Å². The van der Waals surface area contributed by atoms with Crippen molar-refractivity contribution in [3.63, 3.8) is 0 Å². The molecule has 0 radical (unpaired) electrons. The number of benzene rings is 2. The van der Waals surface area contributed by atoms with Crippen molar-refractivity contribution in [2.75, 3.05) is 32.2 Å². The first kappa shape index (κ1) is 23.4. The van der Waals surface area contributed by atoms with Gasteiger partial charge in [-0.25, -0.2) is 4.68 Å². The van der Waals surface area contributed by atoms with Gasteiger partial charge in [0, 0.05) is 37.3 Å². The summed E-state index contributed by atoms with van der Waals surface area (Å²) in [5.41, 5.74) is 2.51. The topological polar surface area (TPSA) is 85.7 Å². The molecule has 2 aromatic carbocycles. The molecule has 0 saturated carbocycles. The monoisotopic (exact) mass is 462 g/mol. The maximum atomic E-state index is 12.9. The number of carbonyl (C=O) groups excluding carboxylic acids is 1. The van der Waals surface area contributed by atoms with E-state index in [1.165, 1.54) is 4.68 Å². The van der Waals surface area contributed by atoms with Crippen LogP contribution in [0.5, 0.6) is 11.5 Å². The molecule has 1 aromatic heterocycles. The van der Waals surface area contributed by atoms with Crippen LogP contribution in [0.1, 0.15) is 24.0 Å². The van der Waals surface area contributed by atoms with Gasteiger partial charge in [-0.05, 0) is 30.5 Å². The Morgan fingerprint density at radius 3 is 2.68 bits per heavy atom. The Kier molecular flexibility index (Phi) is 7.47. The number of carbonyl (C=O) groups is 1. The lowest BCUT2D eigenvalue weighted by Gasteiger charge is -2.33. The highest BCUT2D eigenvalue weighted by Gasteiger charge is 2.26. The van der Waals surface area contributed by atoms with Crippen LogP contribution in [0.15, 0.2) is 65.6 Å². The second kappa shape index (κ2) is 10.9. The minimum absolute atomic E-state index is 0.00653. The van der Waals surface area contributed by atoms with Crippen LogP contribution in [0.3, 0.4) is 0 Å². The Morgan fingerprint density at radius 2 is 1.94 bits per heavy atom. The van der Waals surface area contributed by atoms with Crippen molar-refractivity contribution in [1.82, 2.24) is 15.1 Å². The van der Waals surface area contributed by atoms with E-state index >= 15 is 0 Å². The van der Waals surface area contributed by atoms with Crippen LogP contribution in [0, 0.1) is 5.92 Å². The molecule has 2 heterocycles. The number of rotatable bonds is 8. The minimum atomic E-state index is -0.162. The molecular formula is C26H30N4O4. The molecule has 0 spiro atoms. The molecule has 178 valence electrons. The van der Waals surface area contributed by atoms with Gasteiger partial charge >= 0.3 is 0 Å². The van der Waals surface area contributed by atoms with Crippen molar-refractivity contribution in [1.29, 1.82) is 0 Å². The van der Waals surface area contributed by atoms with Gasteiger partial charge in [-0.2, -0.15) is 5.10 Å². The second-order valence-electron chi connectivity index (χ2n) is 8.38. The van der Waals surface area contributed by atoms with Gasteiger partial charge in [0.2, 0.25) is 5.91 Å². The summed E-state index contributed by atoms with van der Waals surface area (Å²) in [7, 11) is 3.20. The van der Waals surface area contributed by atoms with Gasteiger partial charge < -0.3 is 19.7 Å². The van der Waals surface area contributed by atoms with E-state index in [2.05, 4.69) is 15.3 Å². The van der Waals surface area contributed by atoms with Crippen molar-refractivity contribution in [3.05, 3.63) is 82.3 Å². The van der Waals surface area contributed by atoms with Gasteiger partial charge in [0.1, 0.15) is 11.5 Å². The van der Waals surface area contributed by atoms with E-state index in [-0.39, 0.29) is 17.4 Å². The molecule has 1 amide bonds. The number of hydrogen-bond donors (Lipinski definition) is 1. The van der Waals surface area contributed by atoms with Gasteiger partial charge in [-0.1, -0.05) is 30.3 Å². The van der Waals surface area contributed by atoms with Crippen molar-refractivity contribution >= 4 is 11.6 Å². The minimum Gasteiger partial charge on any atom is -0.497 e. The van der Waals surface area contributed by atoms with E-state index in [9.17, 15) is 9.59 Å². The normalized spacial score (nSPS) is 15.6. The summed E-state index contributed by atoms with van der Waals surface area (Å²) >= 11 is 0. The van der Waals surface area contributed by atoms with Crippen LogP contribution in [0.25, 0.3) is 0 Å². The summed E-state index contributed by atoms with van der Waals surface area (Å²) in [5, 5.41) is 7.40. The third-order valence-electron chi connectivity index (χ3n) is 6.13. The molecule has 3 aromatic rings. The number of anilines is 1. The van der Waals surface area contributed by atoms with Gasteiger partial charge in [0.15, 0.2) is 0 Å². The van der Waals surface area contributed by atoms with Crippen LogP contribution >= 0.6 is 0 Å². The summed E-state index contributed by atoms with van der Waals surface area (Å²) in [6.07, 6.45) is 3.39. The fourth-order valence-electron chi connectivity index (χ4n) is 4.22. The molecule has 8 heteroatoms. The number of piperidine rings is 1. The Morgan fingerprint density at radius 1 is 1.12 bits per heavy atom. The molecule has 1 fully saturated rings. The standard InChI is InChI=1S/C26H30N4O4/c1-33-23-11-10-20(24(14-23)34-2)15-27-26(32)21-9-6-12-29(18-21)22-13-25(31)30(28-16-22)17-19-7-4-3-5-8-19/h3-5,7-8,10-11,13-14,16,21H,6,9,12,15,17-18H2,1-2H3,(H,27,32). The molecule has 8 nitrogen and oxygen atoms in total. The number of aromatic nitrogens is 2. The van der Waals surface area contributed by atoms with Gasteiger partial charge in [0.05, 0.1) is 38.6 Å². The largest absolute Gasteiger partial charge is 0.497 e. The van der Waals surface area contributed by atoms with E-state index in [0.29, 0.717) is 31.1 Å². The quantitative estimate of drug-likeness (QED) is 0.554. The van der Waals surface area contributed by atoms with Crippen LogP contribution in [0.2, 0.25) is 0 Å². The smallest absolute Gasteiger partial charge is 0.269 e. The Hall–Kier alpha value is -3.81. The zero-order valence-electron chi connectivity index (χ0n) is 19.6. The zero-order chi connectivity index (χ0) is 23.9. The summed E-state index contributed by atoms with van der Waals surface area (Å²) in [6.45, 7) is 2.15. The second-order valence-corrected chi connectivity index (χ2v) is 8.38. The van der Waals surface area contributed by atoms with Crippen molar-refractivity contribution in [2.45, 2.75) is 25.9 Å². The fraction of sp³-hybridized carbons (Fsp3) is 0.346. The van der Waals surface area contributed by atoms with E-state index in [0.717, 1.165) is 36.2 Å². The number of hydrogen-bond acceptors (Lipinski definition) is 6. The highest BCUT2D eigenvalue weighted by atomic mass is 16.5. The number of amides is 1. The predicted molar refractivity (Wildman–Crippen MR) is 130 cm³/mol. The molecule has 1 aliphatic heterocycles. The highest BCUT2D eigenvalue weighted by Crippen LogP contribution is 2.25. The summed E-state index contributed by atoms with van der Waals surface area (Å²) < 4.78 is 12.1. The van der Waals surface area contributed by atoms with E-state index in [1.807, 2.05) is 42.5 Å². The van der Waals surface area contributed by atoms with Gasteiger partial charge in [-0.15, -0.1) is 0 Å². The number of nitrogens with zero attached hydrogens (tertiary/aromatic N) is 3. The van der Waals surface area contributed by atoms with E-state index < -0.39 is 0 Å². The molecule has 1 aliphatic rings. The third kappa shape index (κ3) is 5.57. The van der Waals surface area contributed by atoms with Crippen molar-refractivity contribution < 1.29 is 14.3 Å². The molecule has 1 N–H and O–H groups in total. The molecule has 1 atom stereocenters. The maximum Gasteiger partial charge on any atom is 0.269 e. The van der Waals surface area contributed by atoms with Crippen LogP contribution in [-0.2, 0) is 17.9 Å². The van der Waals surface area contributed by atoms with Crippen molar-refractivity contribution in [2.24, 2.45) is 5.92 Å². The predicted octanol–water partition coefficient (Wildman–Crippen LogP) is 2.84. The molecule has 0 bridgehead atoms. The Bertz CT molecular complexity index is 1180. The van der Waals surface area contributed by atoms with Gasteiger partial charge in [-0.3, -0.25) is 9.59 Å².